The van der Waals surface area contributed by atoms with E-state index < -0.39 is 0 Å². The highest BCUT2D eigenvalue weighted by Gasteiger charge is 2.08. The molecule has 1 atom stereocenters. The summed E-state index contributed by atoms with van der Waals surface area (Å²) in [5.41, 5.74) is 1.00. The summed E-state index contributed by atoms with van der Waals surface area (Å²) in [6.07, 6.45) is 7.87. The molecule has 0 saturated carbocycles. The Morgan fingerprint density at radius 1 is 1.50 bits per heavy atom. The van der Waals surface area contributed by atoms with Gasteiger partial charge in [0.2, 0.25) is 0 Å². The molecule has 0 radical (unpaired) electrons. The zero-order valence-electron chi connectivity index (χ0n) is 9.67. The van der Waals surface area contributed by atoms with Crippen LogP contribution in [0.1, 0.15) is 37.8 Å². The van der Waals surface area contributed by atoms with Crippen LogP contribution in [0.4, 0.5) is 4.39 Å². The fourth-order valence-electron chi connectivity index (χ4n) is 1.69. The van der Waals surface area contributed by atoms with Gasteiger partial charge in [-0.1, -0.05) is 19.1 Å². The molecule has 0 aliphatic rings. The summed E-state index contributed by atoms with van der Waals surface area (Å²) in [5.74, 6) is 2.43. The third kappa shape index (κ3) is 4.04. The second kappa shape index (κ2) is 7.03. The molecule has 0 heterocycles. The van der Waals surface area contributed by atoms with Gasteiger partial charge in [-0.25, -0.2) is 4.39 Å². The highest BCUT2D eigenvalue weighted by atomic mass is 19.1. The molecule has 86 valence electrons. The Bertz CT molecular complexity index is 354. The van der Waals surface area contributed by atoms with Crippen LogP contribution in [0.5, 0.6) is 0 Å². The number of halogens is 1. The van der Waals surface area contributed by atoms with Gasteiger partial charge in [0.15, 0.2) is 0 Å². The van der Waals surface area contributed by atoms with E-state index in [2.05, 4.69) is 18.2 Å². The molecule has 1 unspecified atom stereocenters. The van der Waals surface area contributed by atoms with E-state index >= 15 is 0 Å². The number of rotatable bonds is 6. The summed E-state index contributed by atoms with van der Waals surface area (Å²) < 4.78 is 13.1. The Kier molecular flexibility index (Phi) is 5.60. The van der Waals surface area contributed by atoms with Gasteiger partial charge in [-0.05, 0) is 37.1 Å². The van der Waals surface area contributed by atoms with Crippen molar-refractivity contribution in [3.63, 3.8) is 0 Å². The monoisotopic (exact) mass is 219 g/mol. The average Bonchev–Trinajstić information content (AvgIpc) is 2.29. The van der Waals surface area contributed by atoms with Gasteiger partial charge >= 0.3 is 0 Å². The quantitative estimate of drug-likeness (QED) is 0.572. The number of unbranched alkanes of at least 4 members (excludes halogenated alkanes) is 1. The van der Waals surface area contributed by atoms with Gasteiger partial charge in [0.25, 0.3) is 0 Å². The van der Waals surface area contributed by atoms with E-state index in [1.807, 2.05) is 6.07 Å². The van der Waals surface area contributed by atoms with E-state index in [1.165, 1.54) is 6.07 Å². The molecule has 0 aliphatic heterocycles. The molecule has 0 spiro atoms. The van der Waals surface area contributed by atoms with Gasteiger partial charge in [-0.2, -0.15) is 0 Å². The fourth-order valence-corrected chi connectivity index (χ4v) is 1.69. The lowest BCUT2D eigenvalue weighted by Crippen LogP contribution is -2.21. The van der Waals surface area contributed by atoms with Crippen molar-refractivity contribution in [2.24, 2.45) is 0 Å². The van der Waals surface area contributed by atoms with Gasteiger partial charge in [0.1, 0.15) is 5.82 Å². The van der Waals surface area contributed by atoms with Gasteiger partial charge in [-0.3, -0.25) is 0 Å². The van der Waals surface area contributed by atoms with Crippen molar-refractivity contribution in [3.8, 4) is 12.3 Å². The highest BCUT2D eigenvalue weighted by Crippen LogP contribution is 2.17. The van der Waals surface area contributed by atoms with Crippen molar-refractivity contribution < 1.29 is 4.39 Å². The van der Waals surface area contributed by atoms with Crippen molar-refractivity contribution in [3.05, 3.63) is 35.6 Å². The lowest BCUT2D eigenvalue weighted by molar-refractivity contribution is 0.509. The number of hydrogen-bond acceptors (Lipinski definition) is 1. The summed E-state index contributed by atoms with van der Waals surface area (Å²) in [6.45, 7) is 2.96. The Morgan fingerprint density at radius 3 is 2.94 bits per heavy atom. The minimum Gasteiger partial charge on any atom is -0.310 e. The average molecular weight is 219 g/mol. The van der Waals surface area contributed by atoms with E-state index in [0.29, 0.717) is 0 Å². The number of hydrogen-bond donors (Lipinski definition) is 1. The first-order valence-electron chi connectivity index (χ1n) is 5.70. The zero-order chi connectivity index (χ0) is 11.8. The molecular formula is C14H18FN. The van der Waals surface area contributed by atoms with Crippen LogP contribution in [-0.2, 0) is 0 Å². The summed E-state index contributed by atoms with van der Waals surface area (Å²) in [4.78, 5) is 0. The maximum atomic E-state index is 13.1. The molecule has 1 rings (SSSR count). The van der Waals surface area contributed by atoms with Crippen molar-refractivity contribution in [1.82, 2.24) is 5.32 Å². The van der Waals surface area contributed by atoms with Crippen molar-refractivity contribution >= 4 is 0 Å². The largest absolute Gasteiger partial charge is 0.310 e. The number of nitrogens with one attached hydrogen (secondary N) is 1. The standard InChI is InChI=1S/C14H18FN/c1-3-5-6-10-16-14(4-2)12-8-7-9-13(15)11-12/h1,7-9,11,14,16H,4-6,10H2,2H3. The molecule has 0 fully saturated rings. The molecule has 0 saturated heterocycles. The summed E-state index contributed by atoms with van der Waals surface area (Å²) >= 11 is 0. The normalized spacial score (nSPS) is 12.1. The first kappa shape index (κ1) is 12.7. The molecule has 0 bridgehead atoms. The molecule has 0 aliphatic carbocycles. The summed E-state index contributed by atoms with van der Waals surface area (Å²) in [6, 6.07) is 6.96. The van der Waals surface area contributed by atoms with Crippen LogP contribution in [0.25, 0.3) is 0 Å². The molecule has 2 heteroatoms. The van der Waals surface area contributed by atoms with Crippen LogP contribution in [0, 0.1) is 18.2 Å². The zero-order valence-corrected chi connectivity index (χ0v) is 9.67. The van der Waals surface area contributed by atoms with Gasteiger partial charge in [-0.15, -0.1) is 12.3 Å². The Hall–Kier alpha value is -1.33. The Morgan fingerprint density at radius 2 is 2.31 bits per heavy atom. The van der Waals surface area contributed by atoms with E-state index in [1.54, 1.807) is 12.1 Å². The third-order valence-electron chi connectivity index (χ3n) is 2.55. The van der Waals surface area contributed by atoms with E-state index in [-0.39, 0.29) is 11.9 Å². The number of terminal acetylenes is 1. The minimum absolute atomic E-state index is 0.179. The summed E-state index contributed by atoms with van der Waals surface area (Å²) in [7, 11) is 0. The number of benzene rings is 1. The lowest BCUT2D eigenvalue weighted by atomic mass is 10.0. The van der Waals surface area contributed by atoms with Crippen molar-refractivity contribution in [1.29, 1.82) is 0 Å². The molecule has 1 N–H and O–H groups in total. The molecule has 1 aromatic rings. The van der Waals surface area contributed by atoms with Crippen molar-refractivity contribution in [2.75, 3.05) is 6.54 Å². The third-order valence-corrected chi connectivity index (χ3v) is 2.55. The molecule has 0 amide bonds. The van der Waals surface area contributed by atoms with Gasteiger partial charge in [0.05, 0.1) is 0 Å². The van der Waals surface area contributed by atoms with E-state index in [9.17, 15) is 4.39 Å². The molecule has 16 heavy (non-hydrogen) atoms. The fraction of sp³-hybridized carbons (Fsp3) is 0.429. The predicted octanol–water partition coefficient (Wildman–Crippen LogP) is 3.28. The van der Waals surface area contributed by atoms with Gasteiger partial charge in [0, 0.05) is 12.5 Å². The van der Waals surface area contributed by atoms with Crippen molar-refractivity contribution in [2.45, 2.75) is 32.2 Å². The predicted molar refractivity (Wildman–Crippen MR) is 65.5 cm³/mol. The molecule has 1 aromatic carbocycles. The topological polar surface area (TPSA) is 12.0 Å². The minimum atomic E-state index is -0.179. The summed E-state index contributed by atoms with van der Waals surface area (Å²) in [5, 5.41) is 3.39. The van der Waals surface area contributed by atoms with E-state index in [0.717, 1.165) is 31.4 Å². The smallest absolute Gasteiger partial charge is 0.123 e. The van der Waals surface area contributed by atoms with Crippen LogP contribution in [0.15, 0.2) is 24.3 Å². The first-order chi connectivity index (χ1) is 7.77. The SMILES string of the molecule is C#CCCCNC(CC)c1cccc(F)c1. The Labute approximate surface area is 97.1 Å². The van der Waals surface area contributed by atoms with Crippen LogP contribution in [0.3, 0.4) is 0 Å². The first-order valence-corrected chi connectivity index (χ1v) is 5.70. The second-order valence-corrected chi connectivity index (χ2v) is 3.78. The van der Waals surface area contributed by atoms with Crippen LogP contribution in [-0.4, -0.2) is 6.54 Å². The molecule has 1 nitrogen and oxygen atoms in total. The Balaban J connectivity index is 2.51. The van der Waals surface area contributed by atoms with Gasteiger partial charge < -0.3 is 5.32 Å². The highest BCUT2D eigenvalue weighted by molar-refractivity contribution is 5.19. The molecule has 0 aromatic heterocycles. The van der Waals surface area contributed by atoms with Crippen LogP contribution >= 0.6 is 0 Å². The maximum Gasteiger partial charge on any atom is 0.123 e. The second-order valence-electron chi connectivity index (χ2n) is 3.78. The molecular weight excluding hydrogens is 201 g/mol. The maximum absolute atomic E-state index is 13.1. The van der Waals surface area contributed by atoms with Crippen LogP contribution < -0.4 is 5.32 Å². The van der Waals surface area contributed by atoms with Crippen LogP contribution in [0.2, 0.25) is 0 Å². The lowest BCUT2D eigenvalue weighted by Gasteiger charge is -2.17. The van der Waals surface area contributed by atoms with E-state index in [4.69, 9.17) is 6.42 Å².